The molecule has 0 spiro atoms. The highest BCUT2D eigenvalue weighted by Crippen LogP contribution is 2.21. The highest BCUT2D eigenvalue weighted by Gasteiger charge is 2.36. The van der Waals surface area contributed by atoms with Crippen molar-refractivity contribution in [2.24, 2.45) is 0 Å². The quantitative estimate of drug-likeness (QED) is 0.511. The SMILES string of the molecule is O=C1c2cccnc2C(=O)N1CCc1ccc(S(=O)(=O)NCCc2ccc(Cl)cc2)cc1. The Kier molecular flexibility index (Phi) is 6.36. The molecule has 0 bridgehead atoms. The highest BCUT2D eigenvalue weighted by atomic mass is 35.5. The van der Waals surface area contributed by atoms with Gasteiger partial charge < -0.3 is 0 Å². The molecule has 0 saturated carbocycles. The fraction of sp³-hybridized carbons (Fsp3) is 0.174. The van der Waals surface area contributed by atoms with Crippen molar-refractivity contribution in [2.75, 3.05) is 13.1 Å². The average molecular weight is 470 g/mol. The summed E-state index contributed by atoms with van der Waals surface area (Å²) < 4.78 is 27.7. The van der Waals surface area contributed by atoms with Crippen LogP contribution in [0.25, 0.3) is 0 Å². The van der Waals surface area contributed by atoms with E-state index in [1.54, 1.807) is 36.4 Å². The lowest BCUT2D eigenvalue weighted by Crippen LogP contribution is -2.31. The van der Waals surface area contributed by atoms with E-state index < -0.39 is 15.9 Å². The van der Waals surface area contributed by atoms with Gasteiger partial charge in [0.15, 0.2) is 0 Å². The van der Waals surface area contributed by atoms with Gasteiger partial charge in [-0.15, -0.1) is 0 Å². The van der Waals surface area contributed by atoms with Crippen LogP contribution in [0.5, 0.6) is 0 Å². The molecule has 32 heavy (non-hydrogen) atoms. The lowest BCUT2D eigenvalue weighted by molar-refractivity contribution is 0.0654. The van der Waals surface area contributed by atoms with Crippen molar-refractivity contribution < 1.29 is 18.0 Å². The molecule has 1 aliphatic heterocycles. The van der Waals surface area contributed by atoms with Gasteiger partial charge in [0, 0.05) is 24.3 Å². The minimum Gasteiger partial charge on any atom is -0.273 e. The third-order valence-corrected chi connectivity index (χ3v) is 6.94. The molecule has 0 saturated heterocycles. The van der Waals surface area contributed by atoms with Crippen LogP contribution in [0.4, 0.5) is 0 Å². The number of halogens is 1. The zero-order chi connectivity index (χ0) is 22.7. The largest absolute Gasteiger partial charge is 0.280 e. The van der Waals surface area contributed by atoms with Crippen molar-refractivity contribution in [3.63, 3.8) is 0 Å². The van der Waals surface area contributed by atoms with Gasteiger partial charge in [0.25, 0.3) is 11.8 Å². The topological polar surface area (TPSA) is 96.4 Å². The number of aromatic nitrogens is 1. The first-order valence-electron chi connectivity index (χ1n) is 9.99. The zero-order valence-corrected chi connectivity index (χ0v) is 18.6. The number of carbonyl (C=O) groups excluding carboxylic acids is 2. The van der Waals surface area contributed by atoms with Gasteiger partial charge in [-0.3, -0.25) is 19.5 Å². The normalized spacial score (nSPS) is 13.5. The van der Waals surface area contributed by atoms with E-state index in [0.29, 0.717) is 23.4 Å². The van der Waals surface area contributed by atoms with E-state index in [9.17, 15) is 18.0 Å². The number of fused-ring (bicyclic) bond motifs is 1. The van der Waals surface area contributed by atoms with E-state index in [0.717, 1.165) is 11.1 Å². The fourth-order valence-corrected chi connectivity index (χ4v) is 4.62. The summed E-state index contributed by atoms with van der Waals surface area (Å²) in [5.41, 5.74) is 2.28. The summed E-state index contributed by atoms with van der Waals surface area (Å²) in [7, 11) is -3.64. The Bertz CT molecular complexity index is 1220. The van der Waals surface area contributed by atoms with Gasteiger partial charge in [0.2, 0.25) is 10.0 Å². The van der Waals surface area contributed by atoms with E-state index in [1.165, 1.54) is 23.2 Å². The van der Waals surface area contributed by atoms with Crippen LogP contribution >= 0.6 is 11.6 Å². The maximum Gasteiger partial charge on any atom is 0.280 e. The highest BCUT2D eigenvalue weighted by molar-refractivity contribution is 7.89. The summed E-state index contributed by atoms with van der Waals surface area (Å²) in [5.74, 6) is -0.767. The van der Waals surface area contributed by atoms with Crippen LogP contribution in [-0.2, 0) is 22.9 Å². The average Bonchev–Trinajstić information content (AvgIpc) is 3.04. The van der Waals surface area contributed by atoms with Crippen molar-refractivity contribution in [3.8, 4) is 0 Å². The predicted octanol–water partition coefficient (Wildman–Crippen LogP) is 3.09. The van der Waals surface area contributed by atoms with E-state index >= 15 is 0 Å². The summed E-state index contributed by atoms with van der Waals surface area (Å²) in [6, 6.07) is 16.9. The lowest BCUT2D eigenvalue weighted by atomic mass is 10.1. The molecule has 0 radical (unpaired) electrons. The molecular formula is C23H20ClN3O4S. The van der Waals surface area contributed by atoms with E-state index in [2.05, 4.69) is 9.71 Å². The number of hydrogen-bond acceptors (Lipinski definition) is 5. The summed E-state index contributed by atoms with van der Waals surface area (Å²) >= 11 is 5.86. The molecule has 4 rings (SSSR count). The number of hydrogen-bond donors (Lipinski definition) is 1. The number of pyridine rings is 1. The third-order valence-electron chi connectivity index (χ3n) is 5.21. The number of imide groups is 1. The molecule has 1 N–H and O–H groups in total. The van der Waals surface area contributed by atoms with Crippen LogP contribution in [0.1, 0.15) is 32.0 Å². The molecule has 2 amide bonds. The summed E-state index contributed by atoms with van der Waals surface area (Å²) in [6.45, 7) is 0.457. The number of nitrogens with one attached hydrogen (secondary N) is 1. The first-order chi connectivity index (χ1) is 15.3. The number of rotatable bonds is 8. The molecule has 2 aromatic carbocycles. The number of amides is 2. The van der Waals surface area contributed by atoms with Gasteiger partial charge >= 0.3 is 0 Å². The van der Waals surface area contributed by atoms with Crippen LogP contribution in [0, 0.1) is 0 Å². The molecular weight excluding hydrogens is 450 g/mol. The van der Waals surface area contributed by atoms with Crippen molar-refractivity contribution in [1.82, 2.24) is 14.6 Å². The number of benzene rings is 2. The molecule has 2 heterocycles. The molecule has 0 unspecified atom stereocenters. The maximum absolute atomic E-state index is 12.5. The zero-order valence-electron chi connectivity index (χ0n) is 17.0. The van der Waals surface area contributed by atoms with Crippen molar-refractivity contribution in [3.05, 3.63) is 94.3 Å². The number of nitrogens with zero attached hydrogens (tertiary/aromatic N) is 2. The monoisotopic (exact) mass is 469 g/mol. The van der Waals surface area contributed by atoms with Gasteiger partial charge in [-0.25, -0.2) is 13.1 Å². The van der Waals surface area contributed by atoms with Crippen LogP contribution in [0.3, 0.4) is 0 Å². The Hall–Kier alpha value is -3.07. The molecule has 0 fully saturated rings. The van der Waals surface area contributed by atoms with Gasteiger partial charge in [-0.2, -0.15) is 0 Å². The molecule has 9 heteroatoms. The van der Waals surface area contributed by atoms with Gasteiger partial charge in [0.1, 0.15) is 5.69 Å². The second-order valence-electron chi connectivity index (χ2n) is 7.33. The Morgan fingerprint density at radius 1 is 0.875 bits per heavy atom. The molecule has 1 aromatic heterocycles. The number of carbonyl (C=O) groups is 2. The van der Waals surface area contributed by atoms with Crippen molar-refractivity contribution in [1.29, 1.82) is 0 Å². The Labute approximate surface area is 191 Å². The summed E-state index contributed by atoms with van der Waals surface area (Å²) in [5, 5.41) is 0.633. The van der Waals surface area contributed by atoms with Crippen LogP contribution in [0.2, 0.25) is 5.02 Å². The van der Waals surface area contributed by atoms with E-state index in [-0.39, 0.29) is 29.6 Å². The van der Waals surface area contributed by atoms with E-state index in [1.807, 2.05) is 12.1 Å². The minimum absolute atomic E-state index is 0.155. The molecule has 164 valence electrons. The van der Waals surface area contributed by atoms with Gasteiger partial charge in [0.05, 0.1) is 10.5 Å². The van der Waals surface area contributed by atoms with Gasteiger partial charge in [-0.05, 0) is 60.4 Å². The molecule has 3 aromatic rings. The predicted molar refractivity (Wildman–Crippen MR) is 120 cm³/mol. The molecule has 0 aliphatic carbocycles. The first kappa shape index (κ1) is 22.1. The Balaban J connectivity index is 1.33. The second kappa shape index (κ2) is 9.20. The number of sulfonamides is 1. The van der Waals surface area contributed by atoms with Crippen molar-refractivity contribution in [2.45, 2.75) is 17.7 Å². The van der Waals surface area contributed by atoms with Gasteiger partial charge in [-0.1, -0.05) is 35.9 Å². The molecule has 1 aliphatic rings. The van der Waals surface area contributed by atoms with Crippen molar-refractivity contribution >= 4 is 33.4 Å². The molecule has 7 nitrogen and oxygen atoms in total. The first-order valence-corrected chi connectivity index (χ1v) is 11.9. The smallest absolute Gasteiger partial charge is 0.273 e. The van der Waals surface area contributed by atoms with Crippen LogP contribution in [0.15, 0.2) is 71.8 Å². The Morgan fingerprint density at radius 3 is 2.22 bits per heavy atom. The van der Waals surface area contributed by atoms with E-state index in [4.69, 9.17) is 11.6 Å². The fourth-order valence-electron chi connectivity index (χ4n) is 3.46. The minimum atomic E-state index is -3.64. The summed E-state index contributed by atoms with van der Waals surface area (Å²) in [6.07, 6.45) is 2.44. The summed E-state index contributed by atoms with van der Waals surface area (Å²) in [4.78, 5) is 30.1. The Morgan fingerprint density at radius 2 is 1.53 bits per heavy atom. The molecule has 0 atom stereocenters. The van der Waals surface area contributed by atoms with Crippen LogP contribution < -0.4 is 4.72 Å². The standard InChI is InChI=1S/C23H20ClN3O4S/c24-18-7-3-16(4-8-18)11-14-26-32(30,31)19-9-5-17(6-10-19)12-15-27-22(28)20-2-1-13-25-21(20)23(27)29/h1-10,13,26H,11-12,14-15H2. The third kappa shape index (κ3) is 4.72. The lowest BCUT2D eigenvalue weighted by Gasteiger charge is -2.13. The maximum atomic E-state index is 12.5. The second-order valence-corrected chi connectivity index (χ2v) is 9.53. The van der Waals surface area contributed by atoms with Crippen LogP contribution in [-0.4, -0.2) is 43.2 Å².